The van der Waals surface area contributed by atoms with Gasteiger partial charge in [-0.15, -0.1) is 23.1 Å². The van der Waals surface area contributed by atoms with Gasteiger partial charge in [0.1, 0.15) is 5.03 Å². The Balaban J connectivity index is 1.77. The molecule has 0 bridgehead atoms. The van der Waals surface area contributed by atoms with Gasteiger partial charge in [-0.25, -0.2) is 9.97 Å². The molecule has 1 saturated carbocycles. The maximum Gasteiger partial charge on any atom is 0.171 e. The summed E-state index contributed by atoms with van der Waals surface area (Å²) in [7, 11) is 0. The molecule has 1 aliphatic carbocycles. The summed E-state index contributed by atoms with van der Waals surface area (Å²) in [6, 6.07) is 12.6. The lowest BCUT2D eigenvalue weighted by molar-refractivity contribution is 0.516. The van der Waals surface area contributed by atoms with E-state index in [4.69, 9.17) is 9.97 Å². The first-order chi connectivity index (χ1) is 10.9. The van der Waals surface area contributed by atoms with Crippen molar-refractivity contribution in [2.75, 3.05) is 0 Å². The third kappa shape index (κ3) is 2.90. The second-order valence-electron chi connectivity index (χ2n) is 5.72. The summed E-state index contributed by atoms with van der Waals surface area (Å²) < 4.78 is 0. The molecule has 0 aliphatic heterocycles. The van der Waals surface area contributed by atoms with Crippen LogP contribution in [0.1, 0.15) is 32.1 Å². The number of rotatable bonds is 3. The Labute approximate surface area is 139 Å². The number of fused-ring (bicyclic) bond motifs is 1. The van der Waals surface area contributed by atoms with Gasteiger partial charge in [-0.2, -0.15) is 0 Å². The van der Waals surface area contributed by atoms with Crippen molar-refractivity contribution < 1.29 is 0 Å². The van der Waals surface area contributed by atoms with Crippen LogP contribution in [0.25, 0.3) is 21.6 Å². The molecule has 1 aromatic carbocycles. The number of para-hydroxylation sites is 1. The molecular weight excluding hydrogens is 308 g/mol. The zero-order valence-electron chi connectivity index (χ0n) is 12.4. The lowest BCUT2D eigenvalue weighted by Gasteiger charge is -2.21. The highest BCUT2D eigenvalue weighted by Crippen LogP contribution is 2.37. The SMILES string of the molecule is c1csc(-c2nc(SC3CCCCC3)c3ccccc3n2)c1. The minimum absolute atomic E-state index is 0.711. The van der Waals surface area contributed by atoms with Crippen molar-refractivity contribution in [3.63, 3.8) is 0 Å². The van der Waals surface area contributed by atoms with Gasteiger partial charge in [0, 0.05) is 10.6 Å². The number of hydrogen-bond acceptors (Lipinski definition) is 4. The van der Waals surface area contributed by atoms with Gasteiger partial charge in [-0.1, -0.05) is 43.5 Å². The Hall–Kier alpha value is -1.39. The Morgan fingerprint density at radius 1 is 0.955 bits per heavy atom. The van der Waals surface area contributed by atoms with Crippen LogP contribution in [0.2, 0.25) is 0 Å². The fraction of sp³-hybridized carbons (Fsp3) is 0.333. The fourth-order valence-corrected chi connectivity index (χ4v) is 4.98. The second kappa shape index (κ2) is 6.39. The van der Waals surface area contributed by atoms with E-state index in [1.807, 2.05) is 11.8 Å². The van der Waals surface area contributed by atoms with Gasteiger partial charge in [-0.05, 0) is 30.4 Å². The number of nitrogens with zero attached hydrogens (tertiary/aromatic N) is 2. The number of aromatic nitrogens is 2. The van der Waals surface area contributed by atoms with Crippen molar-refractivity contribution in [1.29, 1.82) is 0 Å². The van der Waals surface area contributed by atoms with Crippen molar-refractivity contribution in [3.8, 4) is 10.7 Å². The van der Waals surface area contributed by atoms with Crippen molar-refractivity contribution >= 4 is 34.0 Å². The third-order valence-corrected chi connectivity index (χ3v) is 6.35. The maximum atomic E-state index is 4.90. The third-order valence-electron chi connectivity index (χ3n) is 4.14. The van der Waals surface area contributed by atoms with Crippen LogP contribution in [0.5, 0.6) is 0 Å². The van der Waals surface area contributed by atoms with E-state index in [0.29, 0.717) is 5.25 Å². The second-order valence-corrected chi connectivity index (χ2v) is 7.96. The predicted molar refractivity (Wildman–Crippen MR) is 95.6 cm³/mol. The molecule has 2 heterocycles. The average Bonchev–Trinajstić information content (AvgIpc) is 3.10. The van der Waals surface area contributed by atoms with E-state index in [1.54, 1.807) is 11.3 Å². The number of thiophene rings is 1. The van der Waals surface area contributed by atoms with E-state index in [2.05, 4.69) is 41.8 Å². The minimum atomic E-state index is 0.711. The molecule has 1 fully saturated rings. The average molecular weight is 326 g/mol. The first-order valence-electron chi connectivity index (χ1n) is 7.87. The smallest absolute Gasteiger partial charge is 0.171 e. The zero-order valence-corrected chi connectivity index (χ0v) is 14.0. The standard InChI is InChI=1S/C18H18N2S2/c1-2-7-13(8-3-1)22-18-14-9-4-5-10-15(14)19-17(20-18)16-11-6-12-21-16/h4-6,9-13H,1-3,7-8H2. The highest BCUT2D eigenvalue weighted by Gasteiger charge is 2.18. The molecule has 0 saturated heterocycles. The molecule has 0 spiro atoms. The lowest BCUT2D eigenvalue weighted by atomic mass is 10.0. The zero-order chi connectivity index (χ0) is 14.8. The van der Waals surface area contributed by atoms with Gasteiger partial charge in [-0.3, -0.25) is 0 Å². The van der Waals surface area contributed by atoms with E-state index in [0.717, 1.165) is 21.2 Å². The summed E-state index contributed by atoms with van der Waals surface area (Å²) in [5, 5.41) is 5.14. The Kier molecular flexibility index (Phi) is 4.13. The molecule has 2 nitrogen and oxygen atoms in total. The minimum Gasteiger partial charge on any atom is -0.227 e. The van der Waals surface area contributed by atoms with Crippen LogP contribution in [0.15, 0.2) is 46.8 Å². The topological polar surface area (TPSA) is 25.8 Å². The van der Waals surface area contributed by atoms with Gasteiger partial charge >= 0.3 is 0 Å². The molecule has 1 aliphatic rings. The van der Waals surface area contributed by atoms with Crippen LogP contribution >= 0.6 is 23.1 Å². The molecule has 0 N–H and O–H groups in total. The highest BCUT2D eigenvalue weighted by atomic mass is 32.2. The number of benzene rings is 1. The molecule has 4 rings (SSSR count). The quantitative estimate of drug-likeness (QED) is 0.570. The molecule has 4 heteroatoms. The van der Waals surface area contributed by atoms with Crippen molar-refractivity contribution in [1.82, 2.24) is 9.97 Å². The van der Waals surface area contributed by atoms with Crippen molar-refractivity contribution in [2.24, 2.45) is 0 Å². The van der Waals surface area contributed by atoms with Gasteiger partial charge in [0.05, 0.1) is 10.4 Å². The van der Waals surface area contributed by atoms with Gasteiger partial charge in [0.2, 0.25) is 0 Å². The van der Waals surface area contributed by atoms with Crippen LogP contribution < -0.4 is 0 Å². The first-order valence-corrected chi connectivity index (χ1v) is 9.63. The summed E-state index contributed by atoms with van der Waals surface area (Å²) in [5.74, 6) is 0.868. The van der Waals surface area contributed by atoms with Gasteiger partial charge < -0.3 is 0 Å². The van der Waals surface area contributed by atoms with Crippen molar-refractivity contribution in [3.05, 3.63) is 41.8 Å². The molecule has 0 amide bonds. The van der Waals surface area contributed by atoms with E-state index in [-0.39, 0.29) is 0 Å². The van der Waals surface area contributed by atoms with Crippen molar-refractivity contribution in [2.45, 2.75) is 42.4 Å². The molecular formula is C18H18N2S2. The van der Waals surface area contributed by atoms with Crippen LogP contribution in [0.3, 0.4) is 0 Å². The Morgan fingerprint density at radius 3 is 2.64 bits per heavy atom. The number of hydrogen-bond donors (Lipinski definition) is 0. The predicted octanol–water partition coefficient (Wildman–Crippen LogP) is 5.78. The Morgan fingerprint density at radius 2 is 1.82 bits per heavy atom. The Bertz CT molecular complexity index is 762. The molecule has 0 unspecified atom stereocenters. The van der Waals surface area contributed by atoms with Crippen LogP contribution in [-0.2, 0) is 0 Å². The van der Waals surface area contributed by atoms with Crippen LogP contribution in [0.4, 0.5) is 0 Å². The van der Waals surface area contributed by atoms with Gasteiger partial charge in [0.15, 0.2) is 5.82 Å². The van der Waals surface area contributed by atoms with E-state index in [9.17, 15) is 0 Å². The van der Waals surface area contributed by atoms with E-state index in [1.165, 1.54) is 37.5 Å². The summed E-state index contributed by atoms with van der Waals surface area (Å²) in [5.41, 5.74) is 1.05. The molecule has 2 aromatic heterocycles. The van der Waals surface area contributed by atoms with E-state index >= 15 is 0 Å². The number of thioether (sulfide) groups is 1. The van der Waals surface area contributed by atoms with E-state index < -0.39 is 0 Å². The summed E-state index contributed by atoms with van der Waals surface area (Å²) in [4.78, 5) is 10.8. The van der Waals surface area contributed by atoms with Gasteiger partial charge in [0.25, 0.3) is 0 Å². The first kappa shape index (κ1) is 14.2. The highest BCUT2D eigenvalue weighted by molar-refractivity contribution is 8.00. The monoisotopic (exact) mass is 326 g/mol. The molecule has 22 heavy (non-hydrogen) atoms. The molecule has 0 radical (unpaired) electrons. The van der Waals surface area contributed by atoms with Crippen LogP contribution in [-0.4, -0.2) is 15.2 Å². The normalized spacial score (nSPS) is 16.2. The summed E-state index contributed by atoms with van der Waals surface area (Å²) in [6.45, 7) is 0. The largest absolute Gasteiger partial charge is 0.227 e. The lowest BCUT2D eigenvalue weighted by Crippen LogP contribution is -2.08. The summed E-state index contributed by atoms with van der Waals surface area (Å²) in [6.07, 6.45) is 6.74. The molecule has 0 atom stereocenters. The maximum absolute atomic E-state index is 4.90. The summed E-state index contributed by atoms with van der Waals surface area (Å²) >= 11 is 3.66. The molecule has 3 aromatic rings. The van der Waals surface area contributed by atoms with Crippen LogP contribution in [0, 0.1) is 0 Å². The molecule has 112 valence electrons. The fourth-order valence-electron chi connectivity index (χ4n) is 2.99.